The minimum atomic E-state index is 0.151. The van der Waals surface area contributed by atoms with Gasteiger partial charge in [-0.15, -0.1) is 0 Å². The first-order valence-corrected chi connectivity index (χ1v) is 11.9. The highest BCUT2D eigenvalue weighted by Crippen LogP contribution is 2.48. The number of nitrogens with zero attached hydrogens (tertiary/aromatic N) is 1. The van der Waals surface area contributed by atoms with Gasteiger partial charge in [-0.05, 0) is 56.6 Å². The van der Waals surface area contributed by atoms with E-state index < -0.39 is 0 Å². The maximum absolute atomic E-state index is 6.53. The summed E-state index contributed by atoms with van der Waals surface area (Å²) in [7, 11) is 0. The standard InChI is InChI=1S/C30H17B2NO/c1-3-11-22-18(8-1)20-10-7-14-25-29(20)33-30-21(19-9-2-4-12-23(19)32(22)33)16-17-27-28(30)31(25)24-13-5-6-15-26(24)34-27/h1-17H. The van der Waals surface area contributed by atoms with E-state index in [4.69, 9.17) is 4.74 Å². The Morgan fingerprint density at radius 3 is 1.88 bits per heavy atom. The molecule has 0 radical (unpaired) electrons. The van der Waals surface area contributed by atoms with Crippen LogP contribution in [0, 0.1) is 0 Å². The fraction of sp³-hybridized carbons (Fsp3) is 0. The summed E-state index contributed by atoms with van der Waals surface area (Å²) >= 11 is 0. The van der Waals surface area contributed by atoms with Crippen LogP contribution >= 0.6 is 0 Å². The Hall–Kier alpha value is -4.17. The number of rotatable bonds is 0. The third-order valence-electron chi connectivity index (χ3n) is 8.13. The Morgan fingerprint density at radius 1 is 0.471 bits per heavy atom. The summed E-state index contributed by atoms with van der Waals surface area (Å²) in [6.07, 6.45) is 0. The molecule has 9 rings (SSSR count). The fourth-order valence-electron chi connectivity index (χ4n) is 6.90. The molecule has 5 aromatic carbocycles. The molecule has 2 nitrogen and oxygen atoms in total. The van der Waals surface area contributed by atoms with Gasteiger partial charge in [-0.2, -0.15) is 0 Å². The van der Waals surface area contributed by atoms with E-state index in [1.54, 1.807) is 0 Å². The van der Waals surface area contributed by atoms with Crippen LogP contribution in [-0.4, -0.2) is 13.6 Å². The molecule has 0 saturated heterocycles. The predicted octanol–water partition coefficient (Wildman–Crippen LogP) is 3.53. The largest absolute Gasteiger partial charge is 0.458 e. The molecule has 0 unspecified atom stereocenters. The molecule has 0 fully saturated rings. The van der Waals surface area contributed by atoms with Gasteiger partial charge in [0.15, 0.2) is 0 Å². The number of anilines is 2. The molecule has 0 aromatic heterocycles. The number of hydrogen-bond acceptors (Lipinski definition) is 2. The van der Waals surface area contributed by atoms with Crippen LogP contribution in [0.1, 0.15) is 0 Å². The van der Waals surface area contributed by atoms with Gasteiger partial charge in [0.2, 0.25) is 0 Å². The van der Waals surface area contributed by atoms with Gasteiger partial charge in [0.1, 0.15) is 11.5 Å². The first-order valence-electron chi connectivity index (χ1n) is 11.9. The summed E-state index contributed by atoms with van der Waals surface area (Å²) in [5.41, 5.74) is 14.7. The molecule has 0 spiro atoms. The van der Waals surface area contributed by atoms with E-state index in [0.717, 1.165) is 11.5 Å². The fourth-order valence-corrected chi connectivity index (χ4v) is 6.90. The lowest BCUT2D eigenvalue weighted by Gasteiger charge is -2.50. The van der Waals surface area contributed by atoms with Gasteiger partial charge >= 0.3 is 6.85 Å². The van der Waals surface area contributed by atoms with Crippen molar-refractivity contribution >= 4 is 52.2 Å². The zero-order valence-electron chi connectivity index (χ0n) is 18.3. The smallest absolute Gasteiger partial charge is 0.329 e. The van der Waals surface area contributed by atoms with E-state index in [1.807, 2.05) is 0 Å². The second kappa shape index (κ2) is 5.84. The average Bonchev–Trinajstić information content (AvgIpc) is 2.91. The third-order valence-corrected chi connectivity index (χ3v) is 8.13. The summed E-state index contributed by atoms with van der Waals surface area (Å²) in [5, 5.41) is 0. The quantitative estimate of drug-likeness (QED) is 0.343. The van der Waals surface area contributed by atoms with Crippen LogP contribution in [0.25, 0.3) is 22.3 Å². The first-order chi connectivity index (χ1) is 16.9. The normalized spacial score (nSPS) is 14.5. The highest BCUT2D eigenvalue weighted by molar-refractivity contribution is 7.02. The SMILES string of the molecule is c1ccc2c(c1)Oc1ccc3c4c1B2c1cccc2c1N4B(c1ccccc1-2)c1ccccc1-3. The molecule has 154 valence electrons. The number of ether oxygens (including phenoxy) is 1. The van der Waals surface area contributed by atoms with Crippen molar-refractivity contribution in [2.45, 2.75) is 0 Å². The van der Waals surface area contributed by atoms with Gasteiger partial charge < -0.3 is 9.55 Å². The van der Waals surface area contributed by atoms with Crippen LogP contribution in [0.3, 0.4) is 0 Å². The van der Waals surface area contributed by atoms with Crippen LogP contribution in [0.15, 0.2) is 103 Å². The Bertz CT molecular complexity index is 1730. The van der Waals surface area contributed by atoms with Gasteiger partial charge in [-0.3, -0.25) is 0 Å². The van der Waals surface area contributed by atoms with Crippen LogP contribution in [0.4, 0.5) is 11.4 Å². The van der Waals surface area contributed by atoms with Crippen LogP contribution < -0.4 is 36.9 Å². The average molecular weight is 429 g/mol. The molecule has 34 heavy (non-hydrogen) atoms. The Morgan fingerprint density at radius 2 is 1.09 bits per heavy atom. The van der Waals surface area contributed by atoms with E-state index in [1.165, 1.54) is 60.9 Å². The molecular weight excluding hydrogens is 412 g/mol. The lowest BCUT2D eigenvalue weighted by Crippen LogP contribution is -2.68. The molecule has 4 heteroatoms. The van der Waals surface area contributed by atoms with Crippen molar-refractivity contribution in [3.05, 3.63) is 103 Å². The zero-order chi connectivity index (χ0) is 22.0. The van der Waals surface area contributed by atoms with Gasteiger partial charge in [0.05, 0.1) is 0 Å². The zero-order valence-corrected chi connectivity index (χ0v) is 18.3. The van der Waals surface area contributed by atoms with Gasteiger partial charge in [-0.25, -0.2) is 0 Å². The van der Waals surface area contributed by atoms with Crippen LogP contribution in [0.2, 0.25) is 0 Å². The van der Waals surface area contributed by atoms with Crippen molar-refractivity contribution in [1.29, 1.82) is 0 Å². The topological polar surface area (TPSA) is 12.5 Å². The number of para-hydroxylation sites is 2. The molecule has 4 aliphatic rings. The lowest BCUT2D eigenvalue weighted by molar-refractivity contribution is 0.487. The summed E-state index contributed by atoms with van der Waals surface area (Å²) in [5.74, 6) is 1.95. The molecule has 0 aliphatic carbocycles. The maximum Gasteiger partial charge on any atom is 0.329 e. The third kappa shape index (κ3) is 1.86. The molecule has 5 aromatic rings. The van der Waals surface area contributed by atoms with Crippen molar-refractivity contribution in [2.75, 3.05) is 4.81 Å². The Balaban J connectivity index is 1.51. The van der Waals surface area contributed by atoms with E-state index >= 15 is 0 Å². The molecule has 0 N–H and O–H groups in total. The Labute approximate surface area is 198 Å². The van der Waals surface area contributed by atoms with Crippen molar-refractivity contribution in [3.63, 3.8) is 0 Å². The Kier molecular flexibility index (Phi) is 2.98. The summed E-state index contributed by atoms with van der Waals surface area (Å²) in [4.78, 5) is 2.62. The second-order valence-electron chi connectivity index (χ2n) is 9.64. The monoisotopic (exact) mass is 429 g/mol. The summed E-state index contributed by atoms with van der Waals surface area (Å²) in [6.45, 7) is 0.315. The number of fused-ring (bicyclic) bond motifs is 9. The minimum absolute atomic E-state index is 0.151. The number of hydrogen-bond donors (Lipinski definition) is 0. The maximum atomic E-state index is 6.53. The summed E-state index contributed by atoms with van der Waals surface area (Å²) in [6, 6.07) is 37.8. The molecule has 0 bridgehead atoms. The van der Waals surface area contributed by atoms with Crippen molar-refractivity contribution in [2.24, 2.45) is 0 Å². The van der Waals surface area contributed by atoms with Gasteiger partial charge in [-0.1, -0.05) is 84.9 Å². The van der Waals surface area contributed by atoms with E-state index in [9.17, 15) is 0 Å². The van der Waals surface area contributed by atoms with Crippen molar-refractivity contribution < 1.29 is 4.74 Å². The van der Waals surface area contributed by atoms with E-state index in [-0.39, 0.29) is 13.6 Å². The van der Waals surface area contributed by atoms with Crippen LogP contribution in [-0.2, 0) is 0 Å². The van der Waals surface area contributed by atoms with Gasteiger partial charge in [0.25, 0.3) is 6.71 Å². The molecular formula is C30H17B2NO. The highest BCUT2D eigenvalue weighted by Gasteiger charge is 2.50. The molecule has 4 heterocycles. The highest BCUT2D eigenvalue weighted by atomic mass is 16.5. The van der Waals surface area contributed by atoms with Crippen molar-refractivity contribution in [3.8, 4) is 33.8 Å². The first kappa shape index (κ1) is 17.3. The minimum Gasteiger partial charge on any atom is -0.458 e. The second-order valence-corrected chi connectivity index (χ2v) is 9.64. The summed E-state index contributed by atoms with van der Waals surface area (Å²) < 4.78 is 6.53. The van der Waals surface area contributed by atoms with Gasteiger partial charge in [0, 0.05) is 22.5 Å². The van der Waals surface area contributed by atoms with Crippen LogP contribution in [0.5, 0.6) is 11.5 Å². The number of benzene rings is 5. The van der Waals surface area contributed by atoms with E-state index in [2.05, 4.69) is 108 Å². The lowest BCUT2D eigenvalue weighted by atomic mass is 9.31. The molecule has 4 aliphatic heterocycles. The molecule has 0 saturated carbocycles. The molecule has 0 amide bonds. The van der Waals surface area contributed by atoms with E-state index in [0.29, 0.717) is 0 Å². The van der Waals surface area contributed by atoms with Crippen molar-refractivity contribution in [1.82, 2.24) is 0 Å². The molecule has 0 atom stereocenters. The predicted molar refractivity (Wildman–Crippen MR) is 142 cm³/mol.